The van der Waals surface area contributed by atoms with Gasteiger partial charge in [0.1, 0.15) is 0 Å². The molecule has 6 heteroatoms. The number of halogens is 1. The molecule has 2 rings (SSSR count). The van der Waals surface area contributed by atoms with Gasteiger partial charge in [-0.05, 0) is 43.7 Å². The van der Waals surface area contributed by atoms with E-state index in [-0.39, 0.29) is 4.90 Å². The van der Waals surface area contributed by atoms with Crippen molar-refractivity contribution in [1.29, 1.82) is 0 Å². The summed E-state index contributed by atoms with van der Waals surface area (Å²) in [6, 6.07) is 14.1. The van der Waals surface area contributed by atoms with Crippen molar-refractivity contribution >= 4 is 31.7 Å². The monoisotopic (exact) mass is 366 g/mol. The first-order chi connectivity index (χ1) is 9.90. The Morgan fingerprint density at radius 2 is 1.71 bits per heavy atom. The van der Waals surface area contributed by atoms with Gasteiger partial charge in [-0.15, -0.1) is 0 Å². The minimum atomic E-state index is -3.65. The molecule has 0 bridgehead atoms. The van der Waals surface area contributed by atoms with E-state index in [1.807, 2.05) is 31.2 Å². The lowest BCUT2D eigenvalue weighted by Gasteiger charge is -2.07. The summed E-state index contributed by atoms with van der Waals surface area (Å²) in [5, 5.41) is 3.99. The maximum absolute atomic E-state index is 12.1. The number of rotatable bonds is 4. The fraction of sp³-hybridized carbons (Fsp3) is 0.133. The summed E-state index contributed by atoms with van der Waals surface area (Å²) < 4.78 is 25.1. The standard InChI is InChI=1S/C15H15BrN2O2S/c1-11-5-3-4-6-15(11)12(2)17-18-21(19,20)14-9-7-13(16)8-10-14/h3-10,18H,1-2H3/b17-12-. The predicted molar refractivity (Wildman–Crippen MR) is 87.9 cm³/mol. The summed E-state index contributed by atoms with van der Waals surface area (Å²) in [5.74, 6) is 0. The van der Waals surface area contributed by atoms with Gasteiger partial charge in [0, 0.05) is 10.0 Å². The number of sulfonamides is 1. The quantitative estimate of drug-likeness (QED) is 0.665. The van der Waals surface area contributed by atoms with E-state index in [1.165, 1.54) is 12.1 Å². The molecule has 0 aliphatic rings. The van der Waals surface area contributed by atoms with Crippen molar-refractivity contribution in [2.24, 2.45) is 5.10 Å². The summed E-state index contributed by atoms with van der Waals surface area (Å²) in [7, 11) is -3.65. The van der Waals surface area contributed by atoms with Gasteiger partial charge in [0.25, 0.3) is 10.0 Å². The molecule has 2 aromatic carbocycles. The molecule has 0 spiro atoms. The van der Waals surface area contributed by atoms with Gasteiger partial charge in [-0.3, -0.25) is 0 Å². The SMILES string of the molecule is C/C(=N/NS(=O)(=O)c1ccc(Br)cc1)c1ccccc1C. The molecule has 1 N–H and O–H groups in total. The van der Waals surface area contributed by atoms with Crippen molar-refractivity contribution in [2.45, 2.75) is 18.7 Å². The maximum atomic E-state index is 12.1. The number of nitrogens with one attached hydrogen (secondary N) is 1. The molecule has 0 aliphatic heterocycles. The molecule has 0 aromatic heterocycles. The fourth-order valence-electron chi connectivity index (χ4n) is 1.83. The van der Waals surface area contributed by atoms with Gasteiger partial charge in [-0.1, -0.05) is 40.2 Å². The second kappa shape index (κ2) is 6.41. The topological polar surface area (TPSA) is 58.5 Å². The summed E-state index contributed by atoms with van der Waals surface area (Å²) in [6.07, 6.45) is 0. The van der Waals surface area contributed by atoms with Crippen LogP contribution in [0.4, 0.5) is 0 Å². The molecule has 21 heavy (non-hydrogen) atoms. The highest BCUT2D eigenvalue weighted by atomic mass is 79.9. The van der Waals surface area contributed by atoms with Crippen molar-refractivity contribution < 1.29 is 8.42 Å². The fourth-order valence-corrected chi connectivity index (χ4v) is 2.96. The van der Waals surface area contributed by atoms with Crippen molar-refractivity contribution in [1.82, 2.24) is 4.83 Å². The van der Waals surface area contributed by atoms with Crippen LogP contribution in [0.2, 0.25) is 0 Å². The minimum Gasteiger partial charge on any atom is -0.200 e. The number of hydrogen-bond acceptors (Lipinski definition) is 3. The smallest absolute Gasteiger partial charge is 0.200 e. The van der Waals surface area contributed by atoms with Crippen LogP contribution in [0, 0.1) is 6.92 Å². The van der Waals surface area contributed by atoms with Gasteiger partial charge in [0.15, 0.2) is 0 Å². The molecule has 110 valence electrons. The van der Waals surface area contributed by atoms with Crippen LogP contribution in [0.3, 0.4) is 0 Å². The molecule has 4 nitrogen and oxygen atoms in total. The van der Waals surface area contributed by atoms with Crippen LogP contribution in [0.1, 0.15) is 18.1 Å². The summed E-state index contributed by atoms with van der Waals surface area (Å²) in [6.45, 7) is 3.73. The molecular formula is C15H15BrN2O2S. The Hall–Kier alpha value is -1.66. The molecular weight excluding hydrogens is 352 g/mol. The van der Waals surface area contributed by atoms with E-state index in [0.29, 0.717) is 5.71 Å². The van der Waals surface area contributed by atoms with Gasteiger partial charge in [-0.25, -0.2) is 0 Å². The molecule has 0 heterocycles. The average molecular weight is 367 g/mol. The number of hydrazone groups is 1. The lowest BCUT2D eigenvalue weighted by atomic mass is 10.1. The molecule has 0 amide bonds. The number of benzene rings is 2. The van der Waals surface area contributed by atoms with E-state index >= 15 is 0 Å². The summed E-state index contributed by atoms with van der Waals surface area (Å²) >= 11 is 3.27. The normalized spacial score (nSPS) is 12.2. The lowest BCUT2D eigenvalue weighted by molar-refractivity contribution is 0.584. The van der Waals surface area contributed by atoms with Crippen LogP contribution in [-0.4, -0.2) is 14.1 Å². The van der Waals surface area contributed by atoms with Crippen molar-refractivity contribution in [2.75, 3.05) is 0 Å². The molecule has 0 fully saturated rings. The van der Waals surface area contributed by atoms with Gasteiger partial charge in [0.2, 0.25) is 0 Å². The third kappa shape index (κ3) is 3.92. The second-order valence-corrected chi connectivity index (χ2v) is 7.14. The maximum Gasteiger partial charge on any atom is 0.276 e. The van der Waals surface area contributed by atoms with Crippen molar-refractivity contribution in [3.8, 4) is 0 Å². The van der Waals surface area contributed by atoms with Crippen LogP contribution < -0.4 is 4.83 Å². The first-order valence-electron chi connectivity index (χ1n) is 6.28. The highest BCUT2D eigenvalue weighted by Gasteiger charge is 2.13. The molecule has 0 saturated carbocycles. The van der Waals surface area contributed by atoms with Gasteiger partial charge in [-0.2, -0.15) is 18.4 Å². The molecule has 2 aromatic rings. The Balaban J connectivity index is 2.23. The minimum absolute atomic E-state index is 0.173. The highest BCUT2D eigenvalue weighted by molar-refractivity contribution is 9.10. The van der Waals surface area contributed by atoms with Crippen LogP contribution in [-0.2, 0) is 10.0 Å². The summed E-state index contributed by atoms with van der Waals surface area (Å²) in [4.78, 5) is 2.44. The highest BCUT2D eigenvalue weighted by Crippen LogP contribution is 2.15. The Morgan fingerprint density at radius 1 is 1.10 bits per heavy atom. The molecule has 0 atom stereocenters. The summed E-state index contributed by atoms with van der Waals surface area (Å²) in [5.41, 5.74) is 2.58. The van der Waals surface area contributed by atoms with Crippen molar-refractivity contribution in [3.05, 3.63) is 64.1 Å². The molecule has 0 unspecified atom stereocenters. The number of nitrogens with zero attached hydrogens (tertiary/aromatic N) is 1. The Labute approximate surface area is 133 Å². The van der Waals surface area contributed by atoms with E-state index < -0.39 is 10.0 Å². The molecule has 0 saturated heterocycles. The van der Waals surface area contributed by atoms with Crippen LogP contribution in [0.15, 0.2) is 63.0 Å². The van der Waals surface area contributed by atoms with Crippen LogP contribution >= 0.6 is 15.9 Å². The predicted octanol–water partition coefficient (Wildman–Crippen LogP) is 3.46. The number of hydrogen-bond donors (Lipinski definition) is 1. The average Bonchev–Trinajstić information content (AvgIpc) is 2.46. The molecule has 0 radical (unpaired) electrons. The van der Waals surface area contributed by atoms with Crippen LogP contribution in [0.5, 0.6) is 0 Å². The van der Waals surface area contributed by atoms with E-state index in [4.69, 9.17) is 0 Å². The number of aryl methyl sites for hydroxylation is 1. The van der Waals surface area contributed by atoms with Gasteiger partial charge >= 0.3 is 0 Å². The Bertz CT molecular complexity index is 769. The first kappa shape index (κ1) is 15.7. The second-order valence-electron chi connectivity index (χ2n) is 4.56. The van der Waals surface area contributed by atoms with E-state index in [0.717, 1.165) is 15.6 Å². The van der Waals surface area contributed by atoms with Crippen molar-refractivity contribution in [3.63, 3.8) is 0 Å². The van der Waals surface area contributed by atoms with E-state index in [9.17, 15) is 8.42 Å². The van der Waals surface area contributed by atoms with Gasteiger partial charge < -0.3 is 0 Å². The first-order valence-corrected chi connectivity index (χ1v) is 8.55. The van der Waals surface area contributed by atoms with E-state index in [2.05, 4.69) is 25.9 Å². The molecule has 0 aliphatic carbocycles. The third-order valence-electron chi connectivity index (χ3n) is 2.99. The van der Waals surface area contributed by atoms with Gasteiger partial charge in [0.05, 0.1) is 10.6 Å². The zero-order chi connectivity index (χ0) is 15.5. The zero-order valence-corrected chi connectivity index (χ0v) is 14.1. The van der Waals surface area contributed by atoms with Crippen LogP contribution in [0.25, 0.3) is 0 Å². The Kier molecular flexibility index (Phi) is 4.80. The van der Waals surface area contributed by atoms with E-state index in [1.54, 1.807) is 19.1 Å². The largest absolute Gasteiger partial charge is 0.276 e. The Morgan fingerprint density at radius 3 is 2.33 bits per heavy atom. The lowest BCUT2D eigenvalue weighted by Crippen LogP contribution is -2.20. The zero-order valence-electron chi connectivity index (χ0n) is 11.7. The third-order valence-corrected chi connectivity index (χ3v) is 4.75.